The number of ether oxygens (including phenoxy) is 1. The molecule has 0 aliphatic carbocycles. The number of carbonyl (C=O) groups is 2. The zero-order chi connectivity index (χ0) is 23.7. The van der Waals surface area contributed by atoms with Gasteiger partial charge in [0.25, 0.3) is 5.91 Å². The number of thiazole rings is 1. The Kier molecular flexibility index (Phi) is 6.11. The minimum Gasteiger partial charge on any atom is -0.459 e. The first kappa shape index (κ1) is 22.4. The number of amides is 1. The molecule has 0 saturated heterocycles. The van der Waals surface area contributed by atoms with E-state index in [0.29, 0.717) is 43.6 Å². The normalized spacial score (nSPS) is 11.1. The average molecular weight is 463 g/mol. The van der Waals surface area contributed by atoms with E-state index in [4.69, 9.17) is 9.15 Å². The van der Waals surface area contributed by atoms with Crippen LogP contribution in [0.15, 0.2) is 57.7 Å². The smallest absolute Gasteiger partial charge is 0.350 e. The van der Waals surface area contributed by atoms with Gasteiger partial charge in [0.1, 0.15) is 16.2 Å². The summed E-state index contributed by atoms with van der Waals surface area (Å²) in [6.07, 6.45) is -0.244. The lowest BCUT2D eigenvalue weighted by atomic mass is 10.1. The highest BCUT2D eigenvalue weighted by Crippen LogP contribution is 2.26. The van der Waals surface area contributed by atoms with Gasteiger partial charge in [-0.2, -0.15) is 0 Å². The number of nitrogens with zero attached hydrogens (tertiary/aromatic N) is 1. The number of esters is 1. The summed E-state index contributed by atoms with van der Waals surface area (Å²) in [5, 5.41) is 3.56. The van der Waals surface area contributed by atoms with Crippen LogP contribution in [0.2, 0.25) is 0 Å². The summed E-state index contributed by atoms with van der Waals surface area (Å²) < 4.78 is 11.1. The fourth-order valence-electron chi connectivity index (χ4n) is 3.27. The molecule has 2 heterocycles. The minimum absolute atomic E-state index is 0.122. The fourth-order valence-corrected chi connectivity index (χ4v) is 4.12. The molecule has 4 aromatic rings. The summed E-state index contributed by atoms with van der Waals surface area (Å²) in [4.78, 5) is 41.9. The Hall–Kier alpha value is -3.78. The molecule has 0 fully saturated rings. The van der Waals surface area contributed by atoms with Crippen molar-refractivity contribution in [3.05, 3.63) is 80.5 Å². The average Bonchev–Trinajstić information content (AvgIpc) is 3.13. The molecule has 0 aliphatic heterocycles. The molecule has 1 amide bonds. The lowest BCUT2D eigenvalue weighted by Crippen LogP contribution is -2.11. The number of hydrogen-bond acceptors (Lipinski definition) is 7. The third kappa shape index (κ3) is 4.85. The topological polar surface area (TPSA) is 98.5 Å². The number of carbonyl (C=O) groups excluding carboxylic acids is 2. The van der Waals surface area contributed by atoms with Crippen molar-refractivity contribution in [3.8, 4) is 11.3 Å². The largest absolute Gasteiger partial charge is 0.459 e. The molecule has 2 aromatic heterocycles. The fraction of sp³-hybridized carbons (Fsp3) is 0.200. The SMILES string of the molecule is Cc1ccc2oc(-c3ccc(C(=O)Nc4nc(C)c(C(=O)OC(C)C)s4)cc3)cc(=O)c2c1. The van der Waals surface area contributed by atoms with Gasteiger partial charge in [-0.25, -0.2) is 9.78 Å². The number of aromatic nitrogens is 1. The van der Waals surface area contributed by atoms with Crippen LogP contribution in [0, 0.1) is 13.8 Å². The summed E-state index contributed by atoms with van der Waals surface area (Å²) in [5.41, 5.74) is 2.94. The van der Waals surface area contributed by atoms with E-state index in [9.17, 15) is 14.4 Å². The minimum atomic E-state index is -0.461. The lowest BCUT2D eigenvalue weighted by Gasteiger charge is -2.06. The van der Waals surface area contributed by atoms with Crippen LogP contribution in [0.5, 0.6) is 0 Å². The van der Waals surface area contributed by atoms with E-state index >= 15 is 0 Å². The van der Waals surface area contributed by atoms with Gasteiger partial charge in [-0.15, -0.1) is 0 Å². The Morgan fingerprint density at radius 2 is 1.79 bits per heavy atom. The van der Waals surface area contributed by atoms with Crippen LogP contribution in [-0.2, 0) is 4.74 Å². The van der Waals surface area contributed by atoms with E-state index in [2.05, 4.69) is 10.3 Å². The monoisotopic (exact) mass is 462 g/mol. The van der Waals surface area contributed by atoms with Gasteiger partial charge in [0, 0.05) is 17.2 Å². The first-order valence-corrected chi connectivity index (χ1v) is 11.2. The molecule has 0 aliphatic rings. The lowest BCUT2D eigenvalue weighted by molar-refractivity contribution is 0.0382. The van der Waals surface area contributed by atoms with Crippen LogP contribution in [0.3, 0.4) is 0 Å². The van der Waals surface area contributed by atoms with E-state index in [-0.39, 0.29) is 17.4 Å². The number of aryl methyl sites for hydroxylation is 2. The molecular formula is C25H22N2O5S. The van der Waals surface area contributed by atoms with E-state index in [0.717, 1.165) is 16.9 Å². The summed E-state index contributed by atoms with van der Waals surface area (Å²) >= 11 is 1.07. The quantitative estimate of drug-likeness (QED) is 0.402. The van der Waals surface area contributed by atoms with Crippen molar-refractivity contribution >= 4 is 39.3 Å². The predicted molar refractivity (Wildman–Crippen MR) is 128 cm³/mol. The summed E-state index contributed by atoms with van der Waals surface area (Å²) in [6, 6.07) is 13.6. The van der Waals surface area contributed by atoms with Crippen molar-refractivity contribution in [3.63, 3.8) is 0 Å². The molecule has 0 bridgehead atoms. The van der Waals surface area contributed by atoms with Gasteiger partial charge in [-0.3, -0.25) is 14.9 Å². The molecule has 168 valence electrons. The molecule has 0 unspecified atom stereocenters. The maximum Gasteiger partial charge on any atom is 0.350 e. The summed E-state index contributed by atoms with van der Waals surface area (Å²) in [7, 11) is 0. The zero-order valence-electron chi connectivity index (χ0n) is 18.6. The summed E-state index contributed by atoms with van der Waals surface area (Å²) in [5.74, 6) is -0.404. The van der Waals surface area contributed by atoms with Crippen LogP contribution in [0.4, 0.5) is 5.13 Å². The Labute approximate surface area is 194 Å². The van der Waals surface area contributed by atoms with Crippen molar-refractivity contribution in [1.29, 1.82) is 0 Å². The molecular weight excluding hydrogens is 440 g/mol. The van der Waals surface area contributed by atoms with Gasteiger partial charge >= 0.3 is 5.97 Å². The Bertz CT molecular complexity index is 1420. The van der Waals surface area contributed by atoms with Crippen molar-refractivity contribution in [2.75, 3.05) is 5.32 Å². The van der Waals surface area contributed by atoms with Crippen molar-refractivity contribution in [2.45, 2.75) is 33.8 Å². The molecule has 0 radical (unpaired) electrons. The Balaban J connectivity index is 1.53. The number of benzene rings is 2. The highest BCUT2D eigenvalue weighted by molar-refractivity contribution is 7.17. The van der Waals surface area contributed by atoms with Gasteiger partial charge in [-0.05, 0) is 52.0 Å². The van der Waals surface area contributed by atoms with Gasteiger partial charge < -0.3 is 9.15 Å². The zero-order valence-corrected chi connectivity index (χ0v) is 19.4. The molecule has 33 heavy (non-hydrogen) atoms. The standard InChI is InChI=1S/C25H22N2O5S/c1-13(2)31-24(30)22-15(4)26-25(33-22)27-23(29)17-8-6-16(7-9-17)21-12-19(28)18-11-14(3)5-10-20(18)32-21/h5-13H,1-4H3,(H,26,27,29). The number of hydrogen-bond donors (Lipinski definition) is 1. The molecule has 0 atom stereocenters. The van der Waals surface area contributed by atoms with E-state index < -0.39 is 5.97 Å². The maximum atomic E-state index is 12.7. The molecule has 4 rings (SSSR count). The highest BCUT2D eigenvalue weighted by Gasteiger charge is 2.19. The summed E-state index contributed by atoms with van der Waals surface area (Å²) in [6.45, 7) is 7.15. The Morgan fingerprint density at radius 1 is 1.06 bits per heavy atom. The molecule has 0 spiro atoms. The first-order valence-electron chi connectivity index (χ1n) is 10.4. The van der Waals surface area contributed by atoms with E-state index in [1.165, 1.54) is 6.07 Å². The third-order valence-corrected chi connectivity index (χ3v) is 5.91. The van der Waals surface area contributed by atoms with Crippen LogP contribution in [-0.4, -0.2) is 23.0 Å². The van der Waals surface area contributed by atoms with Gasteiger partial charge in [0.15, 0.2) is 10.6 Å². The molecule has 0 saturated carbocycles. The number of anilines is 1. The number of rotatable bonds is 5. The number of nitrogens with one attached hydrogen (secondary N) is 1. The van der Waals surface area contributed by atoms with Gasteiger partial charge in [-0.1, -0.05) is 35.1 Å². The molecule has 8 heteroatoms. The second-order valence-electron chi connectivity index (χ2n) is 7.89. The molecule has 7 nitrogen and oxygen atoms in total. The van der Waals surface area contributed by atoms with Gasteiger partial charge in [0.2, 0.25) is 0 Å². The van der Waals surface area contributed by atoms with Crippen molar-refractivity contribution < 1.29 is 18.7 Å². The molecule has 2 aromatic carbocycles. The van der Waals surface area contributed by atoms with Crippen LogP contribution in [0.1, 0.15) is 45.1 Å². The second kappa shape index (κ2) is 8.99. The van der Waals surface area contributed by atoms with Crippen LogP contribution >= 0.6 is 11.3 Å². The van der Waals surface area contributed by atoms with Crippen LogP contribution in [0.25, 0.3) is 22.3 Å². The maximum absolute atomic E-state index is 12.7. The number of fused-ring (bicyclic) bond motifs is 1. The Morgan fingerprint density at radius 3 is 2.48 bits per heavy atom. The van der Waals surface area contributed by atoms with E-state index in [1.807, 2.05) is 13.0 Å². The molecule has 1 N–H and O–H groups in total. The van der Waals surface area contributed by atoms with Crippen molar-refractivity contribution in [1.82, 2.24) is 4.98 Å². The highest BCUT2D eigenvalue weighted by atomic mass is 32.1. The van der Waals surface area contributed by atoms with E-state index in [1.54, 1.807) is 57.2 Å². The van der Waals surface area contributed by atoms with Crippen molar-refractivity contribution in [2.24, 2.45) is 0 Å². The van der Waals surface area contributed by atoms with Crippen LogP contribution < -0.4 is 10.7 Å². The predicted octanol–water partition coefficient (Wildman–Crippen LogP) is 5.35. The van der Waals surface area contributed by atoms with Gasteiger partial charge in [0.05, 0.1) is 17.2 Å². The first-order chi connectivity index (χ1) is 15.7. The third-order valence-electron chi connectivity index (χ3n) is 4.86. The second-order valence-corrected chi connectivity index (χ2v) is 8.89.